The van der Waals surface area contributed by atoms with E-state index in [1.165, 1.54) is 22.3 Å². The van der Waals surface area contributed by atoms with Gasteiger partial charge in [0.15, 0.2) is 0 Å². The Bertz CT molecular complexity index is 964. The van der Waals surface area contributed by atoms with E-state index in [0.717, 1.165) is 6.42 Å². The molecule has 0 spiro atoms. The Kier molecular flexibility index (Phi) is 14.0. The highest BCUT2D eigenvalue weighted by Crippen LogP contribution is 2.20. The van der Waals surface area contributed by atoms with Crippen LogP contribution in [0, 0.1) is 6.92 Å². The topological polar surface area (TPSA) is 0 Å². The molecule has 4 aromatic rings. The molecule has 180 valence electrons. The van der Waals surface area contributed by atoms with E-state index in [0.29, 0.717) is 11.3 Å². The zero-order valence-corrected chi connectivity index (χ0v) is 22.3. The Morgan fingerprint density at radius 1 is 0.559 bits per heavy atom. The molecule has 0 saturated carbocycles. The minimum absolute atomic E-state index is 0.293. The molecule has 0 unspecified atom stereocenters. The third kappa shape index (κ3) is 13.4. The van der Waals surface area contributed by atoms with Crippen LogP contribution in [0.2, 0.25) is 0 Å². The van der Waals surface area contributed by atoms with Gasteiger partial charge in [-0.1, -0.05) is 168 Å². The van der Waals surface area contributed by atoms with Crippen LogP contribution in [0.5, 0.6) is 0 Å². The van der Waals surface area contributed by atoms with Crippen molar-refractivity contribution in [2.45, 2.75) is 66.2 Å². The van der Waals surface area contributed by atoms with Crippen molar-refractivity contribution < 1.29 is 0 Å². The fraction of sp³-hybridized carbons (Fsp3) is 0.294. The largest absolute Gasteiger partial charge is 0.0622 e. The summed E-state index contributed by atoms with van der Waals surface area (Å²) in [4.78, 5) is 0. The lowest BCUT2D eigenvalue weighted by Crippen LogP contribution is -2.10. The highest BCUT2D eigenvalue weighted by Gasteiger charge is 2.11. The normalized spacial score (nSPS) is 10.0. The average molecular weight is 453 g/mol. The van der Waals surface area contributed by atoms with Crippen LogP contribution in [0.25, 0.3) is 0 Å². The van der Waals surface area contributed by atoms with E-state index in [-0.39, 0.29) is 0 Å². The van der Waals surface area contributed by atoms with Crippen LogP contribution < -0.4 is 0 Å². The lowest BCUT2D eigenvalue weighted by atomic mass is 9.87. The first-order valence-corrected chi connectivity index (χ1v) is 12.4. The first kappa shape index (κ1) is 28.9. The van der Waals surface area contributed by atoms with Gasteiger partial charge in [0.1, 0.15) is 0 Å². The van der Waals surface area contributed by atoms with Gasteiger partial charge >= 0.3 is 0 Å². The molecule has 0 amide bonds. The van der Waals surface area contributed by atoms with Gasteiger partial charge in [0.25, 0.3) is 0 Å². The Morgan fingerprint density at radius 2 is 0.941 bits per heavy atom. The van der Waals surface area contributed by atoms with E-state index in [1.807, 2.05) is 30.3 Å². The van der Waals surface area contributed by atoms with Gasteiger partial charge in [-0.15, -0.1) is 0 Å². The number of rotatable bonds is 2. The standard InChI is InChI=1S/C10H14.C9H12.C8H10.C7H8/c1-10(2,3)9-7-5-4-6-8-9;1-8(2)9-6-4-3-5-7-9;1-2-8-6-4-3-5-7-8;1-7-5-3-2-4-6-7/h4-8H,1-3H3;3-8H,1-2H3;3-7H,2H2,1H3;2-6H,1H3. The van der Waals surface area contributed by atoms with Crippen LogP contribution in [0.1, 0.15) is 69.7 Å². The smallest absolute Gasteiger partial charge is 0.0132 e. The summed E-state index contributed by atoms with van der Waals surface area (Å²) in [5.41, 5.74) is 5.84. The van der Waals surface area contributed by atoms with Crippen molar-refractivity contribution in [1.29, 1.82) is 0 Å². The Balaban J connectivity index is 0.000000228. The van der Waals surface area contributed by atoms with Crippen LogP contribution in [-0.2, 0) is 11.8 Å². The summed E-state index contributed by atoms with van der Waals surface area (Å²) in [6, 6.07) is 41.8. The van der Waals surface area contributed by atoms with Crippen molar-refractivity contribution in [2.75, 3.05) is 0 Å². The quantitative estimate of drug-likeness (QED) is 0.284. The Hall–Kier alpha value is -3.12. The molecule has 0 heteroatoms. The van der Waals surface area contributed by atoms with Gasteiger partial charge in [0, 0.05) is 0 Å². The molecule has 0 aliphatic carbocycles. The van der Waals surface area contributed by atoms with Crippen molar-refractivity contribution in [3.8, 4) is 0 Å². The summed E-state index contributed by atoms with van der Waals surface area (Å²) in [5.74, 6) is 0.659. The van der Waals surface area contributed by atoms with Crippen LogP contribution >= 0.6 is 0 Å². The molecule has 0 bridgehead atoms. The zero-order valence-electron chi connectivity index (χ0n) is 22.3. The van der Waals surface area contributed by atoms with E-state index in [1.54, 1.807) is 0 Å². The monoisotopic (exact) mass is 452 g/mol. The zero-order chi connectivity index (χ0) is 25.2. The van der Waals surface area contributed by atoms with E-state index < -0.39 is 0 Å². The highest BCUT2D eigenvalue weighted by molar-refractivity contribution is 5.22. The maximum absolute atomic E-state index is 2.22. The molecular weight excluding hydrogens is 408 g/mol. The average Bonchev–Trinajstić information content (AvgIpc) is 2.87. The molecule has 0 saturated heterocycles. The second-order valence-electron chi connectivity index (χ2n) is 9.68. The summed E-state index contributed by atoms with van der Waals surface area (Å²) < 4.78 is 0. The van der Waals surface area contributed by atoms with Gasteiger partial charge in [-0.25, -0.2) is 0 Å². The number of aryl methyl sites for hydroxylation is 2. The molecule has 0 radical (unpaired) electrons. The van der Waals surface area contributed by atoms with Crippen molar-refractivity contribution in [1.82, 2.24) is 0 Å². The van der Waals surface area contributed by atoms with Gasteiger partial charge in [-0.05, 0) is 41.4 Å². The summed E-state index contributed by atoms with van der Waals surface area (Å²) >= 11 is 0. The van der Waals surface area contributed by atoms with Gasteiger partial charge < -0.3 is 0 Å². The van der Waals surface area contributed by atoms with Gasteiger partial charge in [-0.2, -0.15) is 0 Å². The first-order chi connectivity index (χ1) is 16.2. The number of hydrogen-bond donors (Lipinski definition) is 0. The summed E-state index contributed by atoms with van der Waals surface area (Å²) in [6.07, 6.45) is 1.14. The molecule has 0 aliphatic heterocycles. The van der Waals surface area contributed by atoms with E-state index in [4.69, 9.17) is 0 Å². The SMILES string of the molecule is CC(C)(C)c1ccccc1.CC(C)c1ccccc1.CCc1ccccc1.Cc1ccccc1. The van der Waals surface area contributed by atoms with Crippen LogP contribution in [0.4, 0.5) is 0 Å². The van der Waals surface area contributed by atoms with Gasteiger partial charge in [0.05, 0.1) is 0 Å². The third-order valence-electron chi connectivity index (χ3n) is 5.30. The Labute approximate surface area is 209 Å². The highest BCUT2D eigenvalue weighted by atomic mass is 14.2. The Morgan fingerprint density at radius 3 is 1.18 bits per heavy atom. The van der Waals surface area contributed by atoms with Gasteiger partial charge in [-0.3, -0.25) is 0 Å². The molecule has 34 heavy (non-hydrogen) atoms. The minimum atomic E-state index is 0.293. The predicted octanol–water partition coefficient (Wildman–Crippen LogP) is 10.0. The van der Waals surface area contributed by atoms with E-state index in [2.05, 4.69) is 139 Å². The molecule has 0 aliphatic rings. The summed E-state index contributed by atoms with van der Waals surface area (Å²) in [5, 5.41) is 0. The lowest BCUT2D eigenvalue weighted by molar-refractivity contribution is 0.590. The molecule has 0 aromatic heterocycles. The number of benzene rings is 4. The second kappa shape index (κ2) is 16.5. The van der Waals surface area contributed by atoms with Gasteiger partial charge in [0.2, 0.25) is 0 Å². The van der Waals surface area contributed by atoms with Crippen LogP contribution in [0.15, 0.2) is 121 Å². The molecule has 0 heterocycles. The predicted molar refractivity (Wildman–Crippen MR) is 153 cm³/mol. The second-order valence-corrected chi connectivity index (χ2v) is 9.68. The van der Waals surface area contributed by atoms with Crippen LogP contribution in [-0.4, -0.2) is 0 Å². The molecule has 4 aromatic carbocycles. The molecular formula is C34H44. The third-order valence-corrected chi connectivity index (χ3v) is 5.30. The number of hydrogen-bond acceptors (Lipinski definition) is 0. The van der Waals surface area contributed by atoms with E-state index in [9.17, 15) is 0 Å². The van der Waals surface area contributed by atoms with Crippen molar-refractivity contribution in [3.05, 3.63) is 144 Å². The van der Waals surface area contributed by atoms with Crippen molar-refractivity contribution >= 4 is 0 Å². The first-order valence-electron chi connectivity index (χ1n) is 12.4. The van der Waals surface area contributed by atoms with Crippen LogP contribution in [0.3, 0.4) is 0 Å². The molecule has 0 atom stereocenters. The fourth-order valence-electron chi connectivity index (χ4n) is 3.02. The lowest BCUT2D eigenvalue weighted by Gasteiger charge is -2.18. The minimum Gasteiger partial charge on any atom is -0.0622 e. The van der Waals surface area contributed by atoms with Crippen molar-refractivity contribution in [2.24, 2.45) is 0 Å². The van der Waals surface area contributed by atoms with Crippen molar-refractivity contribution in [3.63, 3.8) is 0 Å². The molecule has 4 rings (SSSR count). The maximum atomic E-state index is 2.22. The summed E-state index contributed by atoms with van der Waals surface area (Å²) in [6.45, 7) is 15.3. The summed E-state index contributed by atoms with van der Waals surface area (Å²) in [7, 11) is 0. The molecule has 0 N–H and O–H groups in total. The fourth-order valence-corrected chi connectivity index (χ4v) is 3.02. The molecule has 0 fully saturated rings. The maximum Gasteiger partial charge on any atom is -0.0132 e. The molecule has 0 nitrogen and oxygen atoms in total. The van der Waals surface area contributed by atoms with E-state index >= 15 is 0 Å².